The van der Waals surface area contributed by atoms with Crippen LogP contribution in [0.3, 0.4) is 0 Å². The number of Topliss-reactive ketones (excluding diaryl/α,β-unsaturated/α-hetero) is 1. The molecule has 1 aliphatic rings. The third-order valence-electron chi connectivity index (χ3n) is 4.03. The first-order chi connectivity index (χ1) is 8.43. The van der Waals surface area contributed by atoms with Crippen molar-refractivity contribution in [1.82, 2.24) is 0 Å². The van der Waals surface area contributed by atoms with E-state index in [-0.39, 0.29) is 23.8 Å². The fourth-order valence-corrected chi connectivity index (χ4v) is 2.58. The van der Waals surface area contributed by atoms with Crippen LogP contribution in [0.1, 0.15) is 31.7 Å². The van der Waals surface area contributed by atoms with Crippen LogP contribution < -0.4 is 5.73 Å². The van der Waals surface area contributed by atoms with Crippen molar-refractivity contribution >= 4 is 5.78 Å². The summed E-state index contributed by atoms with van der Waals surface area (Å²) in [5, 5.41) is 0. The summed E-state index contributed by atoms with van der Waals surface area (Å²) in [4.78, 5) is 12.2. The predicted molar refractivity (Wildman–Crippen MR) is 65.0 cm³/mol. The third-order valence-corrected chi connectivity index (χ3v) is 4.03. The van der Waals surface area contributed by atoms with Gasteiger partial charge in [-0.05, 0) is 24.5 Å². The summed E-state index contributed by atoms with van der Waals surface area (Å²) in [7, 11) is 0. The van der Waals surface area contributed by atoms with Crippen LogP contribution in [0.2, 0.25) is 0 Å². The van der Waals surface area contributed by atoms with Crippen LogP contribution in [-0.2, 0) is 11.2 Å². The number of benzene rings is 1. The van der Waals surface area contributed by atoms with E-state index in [1.54, 1.807) is 0 Å². The highest BCUT2D eigenvalue weighted by Gasteiger charge is 2.42. The summed E-state index contributed by atoms with van der Waals surface area (Å²) in [5.74, 6) is -1.36. The van der Waals surface area contributed by atoms with Gasteiger partial charge in [0.15, 0.2) is 0 Å². The van der Waals surface area contributed by atoms with Gasteiger partial charge in [-0.25, -0.2) is 8.78 Å². The highest BCUT2D eigenvalue weighted by Crippen LogP contribution is 2.38. The van der Waals surface area contributed by atoms with Crippen LogP contribution >= 0.6 is 0 Å². The summed E-state index contributed by atoms with van der Waals surface area (Å²) in [6.07, 6.45) is 2.48. The smallest absolute Gasteiger partial charge is 0.144 e. The monoisotopic (exact) mass is 253 g/mol. The largest absolute Gasteiger partial charge is 0.327 e. The van der Waals surface area contributed by atoms with Crippen molar-refractivity contribution in [2.45, 2.75) is 38.6 Å². The molecule has 1 aromatic carbocycles. The van der Waals surface area contributed by atoms with Crippen LogP contribution in [0.25, 0.3) is 0 Å². The van der Waals surface area contributed by atoms with Gasteiger partial charge < -0.3 is 5.73 Å². The van der Waals surface area contributed by atoms with E-state index in [9.17, 15) is 13.6 Å². The number of carbonyl (C=O) groups excluding carboxylic acids is 1. The lowest BCUT2D eigenvalue weighted by molar-refractivity contribution is -0.127. The van der Waals surface area contributed by atoms with E-state index < -0.39 is 17.0 Å². The molecule has 2 nitrogen and oxygen atoms in total. The molecular formula is C14H17F2NO. The molecule has 98 valence electrons. The Kier molecular flexibility index (Phi) is 3.48. The van der Waals surface area contributed by atoms with E-state index in [0.29, 0.717) is 0 Å². The number of halogens is 2. The maximum Gasteiger partial charge on any atom is 0.144 e. The molecular weight excluding hydrogens is 236 g/mol. The molecule has 0 aromatic heterocycles. The van der Waals surface area contributed by atoms with Crippen molar-refractivity contribution in [2.75, 3.05) is 0 Å². The first kappa shape index (κ1) is 13.1. The van der Waals surface area contributed by atoms with Gasteiger partial charge in [-0.2, -0.15) is 0 Å². The molecule has 1 aromatic rings. The molecule has 0 saturated heterocycles. The standard InChI is InChI=1S/C14H17F2NO/c1-14(6-2-3-12(14)17)13(18)7-9-4-5-10(15)8-11(9)16/h4-5,8,12H,2-3,6-7,17H2,1H3. The van der Waals surface area contributed by atoms with Gasteiger partial charge in [-0.3, -0.25) is 4.79 Å². The van der Waals surface area contributed by atoms with Gasteiger partial charge >= 0.3 is 0 Å². The SMILES string of the molecule is CC1(C(=O)Cc2ccc(F)cc2F)CCCC1N. The fraction of sp³-hybridized carbons (Fsp3) is 0.500. The van der Waals surface area contributed by atoms with Crippen LogP contribution in [0.4, 0.5) is 8.78 Å². The van der Waals surface area contributed by atoms with Crippen molar-refractivity contribution in [1.29, 1.82) is 0 Å². The Bertz CT molecular complexity index is 475. The van der Waals surface area contributed by atoms with Crippen molar-refractivity contribution < 1.29 is 13.6 Å². The number of hydrogen-bond acceptors (Lipinski definition) is 2. The minimum Gasteiger partial charge on any atom is -0.327 e. The zero-order chi connectivity index (χ0) is 13.3. The Labute approximate surface area is 105 Å². The number of hydrogen-bond donors (Lipinski definition) is 1. The normalized spacial score (nSPS) is 27.4. The van der Waals surface area contributed by atoms with Crippen LogP contribution in [0.15, 0.2) is 18.2 Å². The summed E-state index contributed by atoms with van der Waals surface area (Å²) in [5.41, 5.74) is 5.62. The van der Waals surface area contributed by atoms with E-state index in [1.807, 2.05) is 6.92 Å². The second-order valence-electron chi connectivity index (χ2n) is 5.25. The zero-order valence-electron chi connectivity index (χ0n) is 10.4. The van der Waals surface area contributed by atoms with E-state index in [4.69, 9.17) is 5.73 Å². The number of ketones is 1. The summed E-state index contributed by atoms with van der Waals surface area (Å²) in [6.45, 7) is 1.84. The van der Waals surface area contributed by atoms with E-state index in [2.05, 4.69) is 0 Å². The van der Waals surface area contributed by atoms with Gasteiger partial charge in [0.25, 0.3) is 0 Å². The van der Waals surface area contributed by atoms with Crippen molar-refractivity contribution in [2.24, 2.45) is 11.1 Å². The lowest BCUT2D eigenvalue weighted by Gasteiger charge is -2.27. The predicted octanol–water partition coefficient (Wildman–Crippen LogP) is 2.59. The number of nitrogens with two attached hydrogens (primary N) is 1. The number of rotatable bonds is 3. The molecule has 2 N–H and O–H groups in total. The van der Waals surface area contributed by atoms with Gasteiger partial charge in [0.1, 0.15) is 17.4 Å². The molecule has 2 unspecified atom stereocenters. The summed E-state index contributed by atoms with van der Waals surface area (Å²) in [6, 6.07) is 3.14. The van der Waals surface area contributed by atoms with Crippen LogP contribution in [0, 0.1) is 17.0 Å². The molecule has 0 spiro atoms. The van der Waals surface area contributed by atoms with Gasteiger partial charge in [0.2, 0.25) is 0 Å². The lowest BCUT2D eigenvalue weighted by Crippen LogP contribution is -2.42. The fourth-order valence-electron chi connectivity index (χ4n) is 2.58. The first-order valence-electron chi connectivity index (χ1n) is 6.16. The lowest BCUT2D eigenvalue weighted by atomic mass is 9.78. The Morgan fingerprint density at radius 1 is 1.50 bits per heavy atom. The average Bonchev–Trinajstić information content (AvgIpc) is 2.64. The van der Waals surface area contributed by atoms with Gasteiger partial charge in [0.05, 0.1) is 0 Å². The van der Waals surface area contributed by atoms with Crippen LogP contribution in [-0.4, -0.2) is 11.8 Å². The second-order valence-corrected chi connectivity index (χ2v) is 5.25. The molecule has 0 bridgehead atoms. The Morgan fingerprint density at radius 2 is 2.22 bits per heavy atom. The summed E-state index contributed by atoms with van der Waals surface area (Å²) >= 11 is 0. The third kappa shape index (κ3) is 2.29. The molecule has 1 saturated carbocycles. The zero-order valence-corrected chi connectivity index (χ0v) is 10.4. The Hall–Kier alpha value is -1.29. The molecule has 2 atom stereocenters. The van der Waals surface area contributed by atoms with Gasteiger partial charge in [0, 0.05) is 23.9 Å². The Balaban J connectivity index is 2.16. The van der Waals surface area contributed by atoms with Crippen molar-refractivity contribution in [3.05, 3.63) is 35.4 Å². The highest BCUT2D eigenvalue weighted by molar-refractivity contribution is 5.87. The quantitative estimate of drug-likeness (QED) is 0.899. The molecule has 4 heteroatoms. The highest BCUT2D eigenvalue weighted by atomic mass is 19.1. The molecule has 0 radical (unpaired) electrons. The van der Waals surface area contributed by atoms with Crippen LogP contribution in [0.5, 0.6) is 0 Å². The second kappa shape index (κ2) is 4.76. The molecule has 0 aliphatic heterocycles. The van der Waals surface area contributed by atoms with Gasteiger partial charge in [-0.15, -0.1) is 0 Å². The Morgan fingerprint density at radius 3 is 2.78 bits per heavy atom. The molecule has 1 fully saturated rings. The average molecular weight is 253 g/mol. The molecule has 1 aliphatic carbocycles. The van der Waals surface area contributed by atoms with Gasteiger partial charge in [-0.1, -0.05) is 19.4 Å². The summed E-state index contributed by atoms with van der Waals surface area (Å²) < 4.78 is 26.3. The minimum atomic E-state index is -0.668. The first-order valence-corrected chi connectivity index (χ1v) is 6.16. The maximum absolute atomic E-state index is 13.5. The van der Waals surface area contributed by atoms with E-state index in [1.165, 1.54) is 12.1 Å². The topological polar surface area (TPSA) is 43.1 Å². The molecule has 0 heterocycles. The maximum atomic E-state index is 13.5. The van der Waals surface area contributed by atoms with Crippen molar-refractivity contribution in [3.8, 4) is 0 Å². The van der Waals surface area contributed by atoms with E-state index in [0.717, 1.165) is 25.3 Å². The molecule has 0 amide bonds. The number of carbonyl (C=O) groups is 1. The van der Waals surface area contributed by atoms with Crippen molar-refractivity contribution in [3.63, 3.8) is 0 Å². The molecule has 2 rings (SSSR count). The molecule has 18 heavy (non-hydrogen) atoms. The van der Waals surface area contributed by atoms with E-state index >= 15 is 0 Å². The minimum absolute atomic E-state index is 0.0175.